The normalized spacial score (nSPS) is 29.2. The number of hydrogen-bond donors (Lipinski definition) is 0. The van der Waals surface area contributed by atoms with Gasteiger partial charge in [0, 0.05) is 11.2 Å². The molecule has 0 N–H and O–H groups in total. The molecule has 0 saturated carbocycles. The lowest BCUT2D eigenvalue weighted by Crippen LogP contribution is -2.03. The number of rotatable bonds is 1. The van der Waals surface area contributed by atoms with Crippen molar-refractivity contribution in [2.75, 3.05) is 11.9 Å². The van der Waals surface area contributed by atoms with Crippen molar-refractivity contribution in [3.63, 3.8) is 0 Å². The smallest absolute Gasteiger partial charge is 0.335 e. The highest BCUT2D eigenvalue weighted by Crippen LogP contribution is 2.23. The third-order valence-electron chi connectivity index (χ3n) is 1.39. The zero-order valence-electron chi connectivity index (χ0n) is 5.14. The van der Waals surface area contributed by atoms with Crippen molar-refractivity contribution < 1.29 is 9.53 Å². The number of carbonyl (C=O) groups excluding carboxylic acids is 1. The Morgan fingerprint density at radius 2 is 2.50 bits per heavy atom. The summed E-state index contributed by atoms with van der Waals surface area (Å²) in [5.74, 6) is 0.00759. The first-order chi connectivity index (χ1) is 4.79. The van der Waals surface area contributed by atoms with Crippen molar-refractivity contribution in [1.29, 1.82) is 0 Å². The van der Waals surface area contributed by atoms with E-state index in [0.717, 1.165) is 10.9 Å². The predicted molar refractivity (Wildman–Crippen MR) is 45.3 cm³/mol. The SMILES string of the molecule is O=C1OCC(CBr)/C1=C\Br. The van der Waals surface area contributed by atoms with E-state index in [-0.39, 0.29) is 11.9 Å². The van der Waals surface area contributed by atoms with E-state index in [0.29, 0.717) is 6.61 Å². The highest BCUT2D eigenvalue weighted by molar-refractivity contribution is 9.11. The minimum Gasteiger partial charge on any atom is -0.462 e. The van der Waals surface area contributed by atoms with Crippen LogP contribution in [0.1, 0.15) is 0 Å². The van der Waals surface area contributed by atoms with Crippen LogP contribution in [-0.4, -0.2) is 17.9 Å². The topological polar surface area (TPSA) is 26.3 Å². The molecule has 0 aliphatic carbocycles. The van der Waals surface area contributed by atoms with Gasteiger partial charge >= 0.3 is 5.97 Å². The highest BCUT2D eigenvalue weighted by atomic mass is 79.9. The van der Waals surface area contributed by atoms with Crippen LogP contribution in [0, 0.1) is 5.92 Å². The Labute approximate surface area is 75.9 Å². The molecule has 0 radical (unpaired) electrons. The molecule has 1 saturated heterocycles. The molecule has 1 aliphatic rings. The average Bonchev–Trinajstić information content (AvgIpc) is 2.30. The molecule has 2 nitrogen and oxygen atoms in total. The molecule has 10 heavy (non-hydrogen) atoms. The number of carbonyl (C=O) groups is 1. The minimum atomic E-state index is -0.207. The Morgan fingerprint density at radius 3 is 2.90 bits per heavy atom. The summed E-state index contributed by atoms with van der Waals surface area (Å²) in [4.78, 5) is 12.5. The molecule has 56 valence electrons. The van der Waals surface area contributed by atoms with Gasteiger partial charge in [-0.25, -0.2) is 4.79 Å². The Bertz CT molecular complexity index is 177. The van der Waals surface area contributed by atoms with Gasteiger partial charge in [0.15, 0.2) is 0 Å². The minimum absolute atomic E-state index is 0.207. The Morgan fingerprint density at radius 1 is 1.80 bits per heavy atom. The van der Waals surface area contributed by atoms with Crippen molar-refractivity contribution >= 4 is 37.8 Å². The summed E-state index contributed by atoms with van der Waals surface area (Å²) in [5.41, 5.74) is 0.719. The third-order valence-corrected chi connectivity index (χ3v) is 2.67. The first-order valence-electron chi connectivity index (χ1n) is 2.83. The summed E-state index contributed by atoms with van der Waals surface area (Å²) in [6.07, 6.45) is 0. The monoisotopic (exact) mass is 268 g/mol. The van der Waals surface area contributed by atoms with Gasteiger partial charge in [-0.1, -0.05) is 31.9 Å². The molecule has 0 aromatic carbocycles. The molecule has 1 heterocycles. The lowest BCUT2D eigenvalue weighted by atomic mass is 10.1. The van der Waals surface area contributed by atoms with Crippen molar-refractivity contribution in [1.82, 2.24) is 0 Å². The third kappa shape index (κ3) is 1.42. The molecule has 0 aromatic rings. The van der Waals surface area contributed by atoms with Crippen LogP contribution in [-0.2, 0) is 9.53 Å². The second-order valence-electron chi connectivity index (χ2n) is 2.01. The van der Waals surface area contributed by atoms with Crippen LogP contribution >= 0.6 is 31.9 Å². The van der Waals surface area contributed by atoms with Crippen molar-refractivity contribution in [2.24, 2.45) is 5.92 Å². The van der Waals surface area contributed by atoms with Crippen molar-refractivity contribution in [3.05, 3.63) is 10.6 Å². The number of hydrogen-bond acceptors (Lipinski definition) is 2. The second kappa shape index (κ2) is 3.53. The summed E-state index contributed by atoms with van der Waals surface area (Å²) in [7, 11) is 0. The fourth-order valence-corrected chi connectivity index (χ4v) is 1.87. The van der Waals surface area contributed by atoms with E-state index < -0.39 is 0 Å². The summed E-state index contributed by atoms with van der Waals surface area (Å²) in [5, 5.41) is 0.774. The Kier molecular flexibility index (Phi) is 2.92. The standard InChI is InChI=1S/C6H6Br2O2/c7-1-4-3-10-6(9)5(4)2-8/h2,4H,1,3H2/b5-2+. The number of ether oxygens (including phenoxy) is 1. The number of alkyl halides is 1. The quantitative estimate of drug-likeness (QED) is 0.413. The number of halogens is 2. The fraction of sp³-hybridized carbons (Fsp3) is 0.500. The van der Waals surface area contributed by atoms with Crippen LogP contribution in [0.25, 0.3) is 0 Å². The van der Waals surface area contributed by atoms with Gasteiger partial charge in [-0.2, -0.15) is 0 Å². The summed E-state index contributed by atoms with van der Waals surface area (Å²) in [6, 6.07) is 0. The lowest BCUT2D eigenvalue weighted by Gasteiger charge is -1.98. The van der Waals surface area contributed by atoms with E-state index in [9.17, 15) is 4.79 Å². The van der Waals surface area contributed by atoms with E-state index in [2.05, 4.69) is 31.9 Å². The molecule has 0 spiro atoms. The van der Waals surface area contributed by atoms with Gasteiger partial charge in [-0.15, -0.1) is 0 Å². The van der Waals surface area contributed by atoms with Crippen LogP contribution in [0.3, 0.4) is 0 Å². The maximum atomic E-state index is 10.8. The van der Waals surface area contributed by atoms with E-state index >= 15 is 0 Å². The van der Waals surface area contributed by atoms with Crippen molar-refractivity contribution in [2.45, 2.75) is 0 Å². The summed E-state index contributed by atoms with van der Waals surface area (Å²) < 4.78 is 4.79. The van der Waals surface area contributed by atoms with Crippen LogP contribution < -0.4 is 0 Å². The molecule has 0 amide bonds. The Hall–Kier alpha value is 0.170. The molecule has 1 unspecified atom stereocenters. The van der Waals surface area contributed by atoms with Gasteiger partial charge in [-0.05, 0) is 4.99 Å². The lowest BCUT2D eigenvalue weighted by molar-refractivity contribution is -0.135. The van der Waals surface area contributed by atoms with Gasteiger partial charge in [0.05, 0.1) is 12.2 Å². The van der Waals surface area contributed by atoms with Crippen molar-refractivity contribution in [3.8, 4) is 0 Å². The van der Waals surface area contributed by atoms with Crippen LogP contribution in [0.15, 0.2) is 10.6 Å². The van der Waals surface area contributed by atoms with Gasteiger partial charge in [0.1, 0.15) is 0 Å². The zero-order valence-corrected chi connectivity index (χ0v) is 8.31. The van der Waals surface area contributed by atoms with E-state index in [4.69, 9.17) is 4.74 Å². The van der Waals surface area contributed by atoms with Crippen LogP contribution in [0.2, 0.25) is 0 Å². The molecule has 1 fully saturated rings. The van der Waals surface area contributed by atoms with Gasteiger partial charge in [0.2, 0.25) is 0 Å². The molecular formula is C6H6Br2O2. The Balaban J connectivity index is 2.73. The predicted octanol–water partition coefficient (Wildman–Crippen LogP) is 1.83. The molecule has 0 bridgehead atoms. The molecule has 1 atom stereocenters. The van der Waals surface area contributed by atoms with E-state index in [1.807, 2.05) is 0 Å². The molecular weight excluding hydrogens is 264 g/mol. The van der Waals surface area contributed by atoms with Crippen LogP contribution in [0.4, 0.5) is 0 Å². The zero-order chi connectivity index (χ0) is 7.56. The largest absolute Gasteiger partial charge is 0.462 e. The van der Waals surface area contributed by atoms with Gasteiger partial charge in [-0.3, -0.25) is 0 Å². The maximum absolute atomic E-state index is 10.8. The first kappa shape index (κ1) is 8.27. The second-order valence-corrected chi connectivity index (χ2v) is 3.12. The average molecular weight is 270 g/mol. The summed E-state index contributed by atoms with van der Waals surface area (Å²) in [6.45, 7) is 0.502. The molecule has 4 heteroatoms. The molecule has 1 aliphatic heterocycles. The first-order valence-corrected chi connectivity index (χ1v) is 4.86. The fourth-order valence-electron chi connectivity index (χ4n) is 0.777. The molecule has 0 aromatic heterocycles. The number of esters is 1. The summed E-state index contributed by atoms with van der Waals surface area (Å²) >= 11 is 6.41. The van der Waals surface area contributed by atoms with Crippen LogP contribution in [0.5, 0.6) is 0 Å². The molecule has 1 rings (SSSR count). The van der Waals surface area contributed by atoms with Gasteiger partial charge < -0.3 is 4.74 Å². The van der Waals surface area contributed by atoms with E-state index in [1.54, 1.807) is 4.99 Å². The maximum Gasteiger partial charge on any atom is 0.335 e. The van der Waals surface area contributed by atoms with E-state index in [1.165, 1.54) is 0 Å². The number of cyclic esters (lactones) is 1. The van der Waals surface area contributed by atoms with Gasteiger partial charge in [0.25, 0.3) is 0 Å². The highest BCUT2D eigenvalue weighted by Gasteiger charge is 2.28.